The van der Waals surface area contributed by atoms with Crippen LogP contribution in [0.3, 0.4) is 0 Å². The second kappa shape index (κ2) is 12.6. The summed E-state index contributed by atoms with van der Waals surface area (Å²) < 4.78 is 64.2. The Bertz CT molecular complexity index is 1310. The highest BCUT2D eigenvalue weighted by molar-refractivity contribution is 7.66. The van der Waals surface area contributed by atoms with Crippen molar-refractivity contribution in [3.8, 4) is 0 Å². The molecule has 40 heavy (non-hydrogen) atoms. The second-order valence-corrected chi connectivity index (χ2v) is 13.2. The molecule has 0 aromatic carbocycles. The van der Waals surface area contributed by atoms with Crippen LogP contribution in [-0.4, -0.2) is 106 Å². The van der Waals surface area contributed by atoms with Gasteiger partial charge in [-0.05, 0) is 6.92 Å². The second-order valence-electron chi connectivity index (χ2n) is 8.58. The topological polar surface area (TPSA) is 323 Å². The number of nitrogens with one attached hydrogen (secondary N) is 1. The summed E-state index contributed by atoms with van der Waals surface area (Å²) in [6, 6.07) is 0. The number of H-pyrrole nitrogens is 1. The van der Waals surface area contributed by atoms with Crippen LogP contribution in [0.2, 0.25) is 0 Å². The van der Waals surface area contributed by atoms with Crippen LogP contribution < -0.4 is 11.2 Å². The van der Waals surface area contributed by atoms with Crippen molar-refractivity contribution in [3.63, 3.8) is 0 Å². The molecular weight excluding hydrogens is 617 g/mol. The van der Waals surface area contributed by atoms with Crippen molar-refractivity contribution in [1.29, 1.82) is 0 Å². The molecule has 2 aliphatic heterocycles. The Labute approximate surface area is 222 Å². The number of hydrogen-bond acceptors (Lipinski definition) is 16. The molecule has 2 saturated heterocycles. The summed E-state index contributed by atoms with van der Waals surface area (Å²) in [4.78, 5) is 54.8. The minimum absolute atomic E-state index is 0.140. The number of phosphoric ester groups is 2. The molecule has 1 aromatic heterocycles. The summed E-state index contributed by atoms with van der Waals surface area (Å²) >= 11 is 0. The van der Waals surface area contributed by atoms with E-state index in [1.165, 1.54) is 6.92 Å². The van der Waals surface area contributed by atoms with Crippen LogP contribution in [0.5, 0.6) is 0 Å². The van der Waals surface area contributed by atoms with Gasteiger partial charge in [-0.1, -0.05) is 0 Å². The largest absolute Gasteiger partial charge is 0.490 e. The van der Waals surface area contributed by atoms with Gasteiger partial charge in [-0.25, -0.2) is 18.5 Å². The molecule has 21 nitrogen and oxygen atoms in total. The molecule has 3 unspecified atom stereocenters. The van der Waals surface area contributed by atoms with Gasteiger partial charge < -0.3 is 49.7 Å². The van der Waals surface area contributed by atoms with Crippen molar-refractivity contribution in [2.75, 3.05) is 13.2 Å². The summed E-state index contributed by atoms with van der Waals surface area (Å²) in [7, 11) is -17.4. The maximum atomic E-state index is 12.2. The molecule has 3 heterocycles. The van der Waals surface area contributed by atoms with Gasteiger partial charge in [0.15, 0.2) is 6.29 Å². The Morgan fingerprint density at radius 1 is 0.950 bits per heavy atom. The average molecular weight is 644 g/mol. The lowest BCUT2D eigenvalue weighted by Gasteiger charge is -2.39. The van der Waals surface area contributed by atoms with Gasteiger partial charge in [0.05, 0.1) is 19.3 Å². The predicted octanol–water partition coefficient (Wildman–Crippen LogP) is -3.34. The molecule has 0 bridgehead atoms. The van der Waals surface area contributed by atoms with Gasteiger partial charge in [0.2, 0.25) is 0 Å². The minimum Gasteiger partial charge on any atom is -0.394 e. The van der Waals surface area contributed by atoms with Gasteiger partial charge in [0.1, 0.15) is 36.7 Å². The minimum atomic E-state index is -5.98. The SMILES string of the molecule is Cc1cn([C@H]2C[C@H](O)[C@@H](COP(=O)(O)OP(=O)(O)OP(=O)(O)O[C@H]3O[C@H](CO)[C@@H](O)[C@H](O)[C@H]3O)O2)c(=O)[nH]c1=O. The number of aromatic amines is 1. The molecular formula is C16H27N2O19P3. The fraction of sp³-hybridized carbons (Fsp3) is 0.750. The molecule has 0 aliphatic carbocycles. The highest BCUT2D eigenvalue weighted by Gasteiger charge is 2.49. The van der Waals surface area contributed by atoms with E-state index < -0.39 is 97.1 Å². The highest BCUT2D eigenvalue weighted by atomic mass is 31.3. The monoisotopic (exact) mass is 644 g/mol. The van der Waals surface area contributed by atoms with Gasteiger partial charge in [-0.15, -0.1) is 0 Å². The van der Waals surface area contributed by atoms with E-state index in [2.05, 4.69) is 17.7 Å². The number of phosphoric acid groups is 3. The average Bonchev–Trinajstić information content (AvgIpc) is 3.19. The standard InChI is InChI=1S/C16H27N2O19P3/c1-6-3-18(16(25)17-14(6)24)10-2-7(20)9(33-10)5-32-38(26,27)36-40(30,31)37-39(28,29)35-15-13(23)12(22)11(21)8(4-19)34-15/h3,7-13,15,19-23H,2,4-5H2,1H3,(H,26,27)(H,28,29)(H,30,31)(H,17,24,25)/t7-,8+,9+,10+,11+,12-,13+,15+/m0/s1. The first-order chi connectivity index (χ1) is 18.3. The highest BCUT2D eigenvalue weighted by Crippen LogP contribution is 2.68. The van der Waals surface area contributed by atoms with Crippen LogP contribution in [0.25, 0.3) is 0 Å². The molecule has 230 valence electrons. The van der Waals surface area contributed by atoms with Crippen molar-refractivity contribution >= 4 is 23.5 Å². The maximum absolute atomic E-state index is 12.2. The third-order valence-corrected chi connectivity index (χ3v) is 9.81. The molecule has 11 atom stereocenters. The molecule has 0 spiro atoms. The molecule has 1 aromatic rings. The zero-order valence-electron chi connectivity index (χ0n) is 20.2. The summed E-state index contributed by atoms with van der Waals surface area (Å²) in [6.45, 7) is -0.522. The number of hydrogen-bond donors (Lipinski definition) is 9. The van der Waals surface area contributed by atoms with Crippen molar-refractivity contribution in [3.05, 3.63) is 32.6 Å². The third-order valence-electron chi connectivity index (χ3n) is 5.56. The normalized spacial score (nSPS) is 35.5. The Morgan fingerprint density at radius 2 is 1.57 bits per heavy atom. The summed E-state index contributed by atoms with van der Waals surface area (Å²) in [6.07, 6.45) is -13.1. The van der Waals surface area contributed by atoms with Gasteiger partial charge in [-0.2, -0.15) is 8.62 Å². The van der Waals surface area contributed by atoms with Crippen LogP contribution >= 0.6 is 23.5 Å². The molecule has 0 radical (unpaired) electrons. The van der Waals surface area contributed by atoms with Crippen LogP contribution in [0.4, 0.5) is 0 Å². The van der Waals surface area contributed by atoms with Gasteiger partial charge in [-0.3, -0.25) is 23.4 Å². The number of aromatic nitrogens is 2. The first-order valence-electron chi connectivity index (χ1n) is 11.0. The Kier molecular flexibility index (Phi) is 10.5. The molecule has 0 saturated carbocycles. The van der Waals surface area contributed by atoms with Gasteiger partial charge in [0, 0.05) is 18.2 Å². The van der Waals surface area contributed by atoms with Crippen LogP contribution in [0.1, 0.15) is 18.2 Å². The summed E-state index contributed by atoms with van der Waals surface area (Å²) in [5.74, 6) is 0. The smallest absolute Gasteiger partial charge is 0.394 e. The van der Waals surface area contributed by atoms with E-state index in [-0.39, 0.29) is 12.0 Å². The third kappa shape index (κ3) is 8.21. The lowest BCUT2D eigenvalue weighted by molar-refractivity contribution is -0.280. The summed E-state index contributed by atoms with van der Waals surface area (Å²) in [5, 5.41) is 48.5. The van der Waals surface area contributed by atoms with Crippen LogP contribution in [0.15, 0.2) is 15.8 Å². The van der Waals surface area contributed by atoms with Crippen LogP contribution in [0, 0.1) is 6.92 Å². The lowest BCUT2D eigenvalue weighted by atomic mass is 10.00. The van der Waals surface area contributed by atoms with E-state index in [0.29, 0.717) is 0 Å². The first-order valence-corrected chi connectivity index (χ1v) is 15.5. The van der Waals surface area contributed by atoms with Crippen molar-refractivity contribution in [1.82, 2.24) is 9.55 Å². The van der Waals surface area contributed by atoms with E-state index in [0.717, 1.165) is 10.8 Å². The number of nitrogens with zero attached hydrogens (tertiary/aromatic N) is 1. The van der Waals surface area contributed by atoms with E-state index in [1.54, 1.807) is 0 Å². The van der Waals surface area contributed by atoms with E-state index in [9.17, 15) is 58.4 Å². The van der Waals surface area contributed by atoms with Crippen molar-refractivity contribution in [2.45, 2.75) is 62.5 Å². The quantitative estimate of drug-likeness (QED) is 0.106. The summed E-state index contributed by atoms with van der Waals surface area (Å²) in [5.41, 5.74) is -1.39. The molecule has 9 N–H and O–H groups in total. The fourth-order valence-corrected chi connectivity index (χ4v) is 7.20. The number of rotatable bonds is 11. The predicted molar refractivity (Wildman–Crippen MR) is 123 cm³/mol. The van der Waals surface area contributed by atoms with Crippen molar-refractivity contribution < 1.29 is 81.1 Å². The molecule has 3 rings (SSSR count). The number of aliphatic hydroxyl groups is 5. The van der Waals surface area contributed by atoms with E-state index in [4.69, 9.17) is 14.6 Å². The first kappa shape index (κ1) is 33.3. The van der Waals surface area contributed by atoms with E-state index >= 15 is 0 Å². The lowest BCUT2D eigenvalue weighted by Crippen LogP contribution is -2.58. The Hall–Kier alpha value is -1.19. The number of aryl methyl sites for hydroxylation is 1. The van der Waals surface area contributed by atoms with Gasteiger partial charge >= 0.3 is 29.2 Å². The van der Waals surface area contributed by atoms with E-state index in [1.807, 2.05) is 4.98 Å². The van der Waals surface area contributed by atoms with Gasteiger partial charge in [0.25, 0.3) is 5.56 Å². The number of aliphatic hydroxyl groups excluding tert-OH is 5. The fourth-order valence-electron chi connectivity index (χ4n) is 3.61. The maximum Gasteiger partial charge on any atom is 0.490 e. The van der Waals surface area contributed by atoms with Crippen LogP contribution in [-0.2, 0) is 40.8 Å². The molecule has 2 fully saturated rings. The molecule has 2 aliphatic rings. The zero-order valence-corrected chi connectivity index (χ0v) is 22.9. The molecule has 24 heteroatoms. The van der Waals surface area contributed by atoms with Crippen molar-refractivity contribution in [2.24, 2.45) is 0 Å². The number of ether oxygens (including phenoxy) is 2. The Balaban J connectivity index is 1.58. The zero-order chi connectivity index (χ0) is 30.2. The Morgan fingerprint density at radius 3 is 2.20 bits per heavy atom. The molecule has 0 amide bonds.